The van der Waals surface area contributed by atoms with Crippen molar-refractivity contribution in [1.82, 2.24) is 0 Å². The van der Waals surface area contributed by atoms with Crippen LogP contribution in [0.5, 0.6) is 0 Å². The van der Waals surface area contributed by atoms with Crippen molar-refractivity contribution in [3.63, 3.8) is 0 Å². The molecule has 1 aromatic rings. The maximum Gasteiger partial charge on any atom is 0.332 e. The lowest BCUT2D eigenvalue weighted by Crippen LogP contribution is -2.30. The van der Waals surface area contributed by atoms with Gasteiger partial charge in [-0.3, -0.25) is 4.79 Å². The number of ether oxygens (including phenoxy) is 1. The maximum absolute atomic E-state index is 13.5. The van der Waals surface area contributed by atoms with Gasteiger partial charge >= 0.3 is 5.97 Å². The third-order valence-corrected chi connectivity index (χ3v) is 3.14. The zero-order valence-corrected chi connectivity index (χ0v) is 10.8. The molecule has 1 saturated heterocycles. The standard InChI is InChI=1S/C12H10ClF2NO4/c13-6-3-5(14)4-7(15)10(6)16-11(17)8-1-2-9(20-8)12(18)19/h3-4,8-9H,1-2H2,(H,16,17)(H,18,19). The highest BCUT2D eigenvalue weighted by Crippen LogP contribution is 2.28. The first kappa shape index (κ1) is 14.7. The largest absolute Gasteiger partial charge is 0.479 e. The molecule has 20 heavy (non-hydrogen) atoms. The molecule has 2 atom stereocenters. The lowest BCUT2D eigenvalue weighted by molar-refractivity contribution is -0.150. The molecular formula is C12H10ClF2NO4. The van der Waals surface area contributed by atoms with E-state index < -0.39 is 35.7 Å². The van der Waals surface area contributed by atoms with Crippen molar-refractivity contribution in [3.05, 3.63) is 28.8 Å². The first-order valence-electron chi connectivity index (χ1n) is 5.72. The Hall–Kier alpha value is -1.73. The van der Waals surface area contributed by atoms with Gasteiger partial charge in [-0.1, -0.05) is 11.6 Å². The Morgan fingerprint density at radius 2 is 1.95 bits per heavy atom. The van der Waals surface area contributed by atoms with Gasteiger partial charge in [-0.05, 0) is 18.9 Å². The molecule has 108 valence electrons. The number of carboxylic acids is 1. The summed E-state index contributed by atoms with van der Waals surface area (Å²) in [5, 5.41) is 10.6. The van der Waals surface area contributed by atoms with E-state index in [9.17, 15) is 18.4 Å². The van der Waals surface area contributed by atoms with Crippen molar-refractivity contribution in [2.45, 2.75) is 25.0 Å². The van der Waals surface area contributed by atoms with Crippen molar-refractivity contribution in [2.75, 3.05) is 5.32 Å². The van der Waals surface area contributed by atoms with Crippen molar-refractivity contribution in [3.8, 4) is 0 Å². The molecule has 2 N–H and O–H groups in total. The predicted octanol–water partition coefficient (Wildman–Crippen LogP) is 2.19. The number of benzene rings is 1. The van der Waals surface area contributed by atoms with Gasteiger partial charge in [-0.25, -0.2) is 13.6 Å². The average molecular weight is 306 g/mol. The number of amides is 1. The second-order valence-electron chi connectivity index (χ2n) is 4.26. The number of aliphatic carboxylic acids is 1. The van der Waals surface area contributed by atoms with Crippen molar-refractivity contribution < 1.29 is 28.2 Å². The minimum atomic E-state index is -1.16. The minimum absolute atomic E-state index is 0.188. The van der Waals surface area contributed by atoms with Crippen LogP contribution < -0.4 is 5.32 Å². The molecule has 0 bridgehead atoms. The van der Waals surface area contributed by atoms with Crippen LogP contribution in [-0.2, 0) is 14.3 Å². The Labute approximate surface area is 117 Å². The summed E-state index contributed by atoms with van der Waals surface area (Å²) >= 11 is 5.64. The fourth-order valence-electron chi connectivity index (χ4n) is 1.88. The first-order chi connectivity index (χ1) is 9.38. The molecule has 2 unspecified atom stereocenters. The van der Waals surface area contributed by atoms with Crippen LogP contribution in [-0.4, -0.2) is 29.2 Å². The van der Waals surface area contributed by atoms with E-state index in [2.05, 4.69) is 5.32 Å². The van der Waals surface area contributed by atoms with Gasteiger partial charge in [0.2, 0.25) is 0 Å². The molecule has 1 aromatic carbocycles. The molecule has 1 aliphatic rings. The monoisotopic (exact) mass is 305 g/mol. The number of halogens is 3. The Bertz CT molecular complexity index is 543. The summed E-state index contributed by atoms with van der Waals surface area (Å²) in [6, 6.07) is 1.44. The zero-order valence-electron chi connectivity index (χ0n) is 10.0. The lowest BCUT2D eigenvalue weighted by Gasteiger charge is -2.13. The van der Waals surface area contributed by atoms with Crippen LogP contribution in [0.4, 0.5) is 14.5 Å². The fourth-order valence-corrected chi connectivity index (χ4v) is 2.12. The van der Waals surface area contributed by atoms with Crippen LogP contribution >= 0.6 is 11.6 Å². The summed E-state index contributed by atoms with van der Waals surface area (Å²) in [5.41, 5.74) is -0.361. The topological polar surface area (TPSA) is 75.6 Å². The molecule has 2 rings (SSSR count). The van der Waals surface area contributed by atoms with Crippen LogP contribution in [0.2, 0.25) is 5.02 Å². The van der Waals surface area contributed by atoms with Crippen molar-refractivity contribution in [2.24, 2.45) is 0 Å². The highest BCUT2D eigenvalue weighted by atomic mass is 35.5. The van der Waals surface area contributed by atoms with Crippen molar-refractivity contribution in [1.29, 1.82) is 0 Å². The summed E-state index contributed by atoms with van der Waals surface area (Å²) in [4.78, 5) is 22.5. The molecular weight excluding hydrogens is 296 g/mol. The number of anilines is 1. The highest BCUT2D eigenvalue weighted by Gasteiger charge is 2.35. The van der Waals surface area contributed by atoms with Crippen LogP contribution in [0.15, 0.2) is 12.1 Å². The van der Waals surface area contributed by atoms with Crippen molar-refractivity contribution >= 4 is 29.2 Å². The number of carbonyl (C=O) groups excluding carboxylic acids is 1. The molecule has 5 nitrogen and oxygen atoms in total. The minimum Gasteiger partial charge on any atom is -0.479 e. The lowest BCUT2D eigenvalue weighted by atomic mass is 10.2. The summed E-state index contributed by atoms with van der Waals surface area (Å²) in [5.74, 6) is -3.77. The molecule has 8 heteroatoms. The second kappa shape index (κ2) is 5.72. The number of hydrogen-bond acceptors (Lipinski definition) is 3. The van der Waals surface area contributed by atoms with Crippen LogP contribution in [0.1, 0.15) is 12.8 Å². The molecule has 0 aromatic heterocycles. The fraction of sp³-hybridized carbons (Fsp3) is 0.333. The summed E-state index contributed by atoms with van der Waals surface area (Å²) in [7, 11) is 0. The predicted molar refractivity (Wildman–Crippen MR) is 65.5 cm³/mol. The highest BCUT2D eigenvalue weighted by molar-refractivity contribution is 6.33. The number of carbonyl (C=O) groups is 2. The SMILES string of the molecule is O=C(O)C1CCC(C(=O)Nc2c(F)cc(F)cc2Cl)O1. The molecule has 0 saturated carbocycles. The second-order valence-corrected chi connectivity index (χ2v) is 4.67. The molecule has 1 heterocycles. The van der Waals surface area contributed by atoms with Gasteiger partial charge < -0.3 is 15.2 Å². The number of nitrogens with one attached hydrogen (secondary N) is 1. The Kier molecular flexibility index (Phi) is 4.20. The van der Waals surface area contributed by atoms with E-state index >= 15 is 0 Å². The van der Waals surface area contributed by atoms with Crippen LogP contribution in [0, 0.1) is 11.6 Å². The normalized spacial score (nSPS) is 21.8. The van der Waals surface area contributed by atoms with Gasteiger partial charge in [0.05, 0.1) is 10.7 Å². The maximum atomic E-state index is 13.5. The molecule has 1 aliphatic heterocycles. The van der Waals surface area contributed by atoms with Gasteiger partial charge in [0, 0.05) is 6.07 Å². The van der Waals surface area contributed by atoms with Gasteiger partial charge in [0.25, 0.3) is 5.91 Å². The van der Waals surface area contributed by atoms with E-state index in [1.807, 2.05) is 0 Å². The Morgan fingerprint density at radius 3 is 2.50 bits per heavy atom. The van der Waals surface area contributed by atoms with E-state index in [0.717, 1.165) is 6.07 Å². The zero-order chi connectivity index (χ0) is 14.9. The molecule has 1 fully saturated rings. The Balaban J connectivity index is 2.08. The number of rotatable bonds is 3. The quantitative estimate of drug-likeness (QED) is 0.897. The molecule has 0 aliphatic carbocycles. The van der Waals surface area contributed by atoms with Gasteiger partial charge in [-0.15, -0.1) is 0 Å². The van der Waals surface area contributed by atoms with E-state index in [0.29, 0.717) is 6.07 Å². The number of carboxylic acid groups (broad SMARTS) is 1. The molecule has 0 spiro atoms. The Morgan fingerprint density at radius 1 is 1.30 bits per heavy atom. The van der Waals surface area contributed by atoms with Gasteiger partial charge in [0.1, 0.15) is 11.9 Å². The van der Waals surface area contributed by atoms with Gasteiger partial charge in [-0.2, -0.15) is 0 Å². The van der Waals surface area contributed by atoms with E-state index in [1.54, 1.807) is 0 Å². The number of hydrogen-bond donors (Lipinski definition) is 2. The van der Waals surface area contributed by atoms with Crippen LogP contribution in [0.3, 0.4) is 0 Å². The van der Waals surface area contributed by atoms with Gasteiger partial charge in [0.15, 0.2) is 11.9 Å². The average Bonchev–Trinajstić information content (AvgIpc) is 2.83. The first-order valence-corrected chi connectivity index (χ1v) is 6.10. The summed E-state index contributed by atoms with van der Waals surface area (Å²) in [6.07, 6.45) is -1.67. The third-order valence-electron chi connectivity index (χ3n) is 2.84. The van der Waals surface area contributed by atoms with E-state index in [4.69, 9.17) is 21.4 Å². The van der Waals surface area contributed by atoms with Crippen LogP contribution in [0.25, 0.3) is 0 Å². The van der Waals surface area contributed by atoms with E-state index in [-0.39, 0.29) is 23.6 Å². The molecule has 0 radical (unpaired) electrons. The summed E-state index contributed by atoms with van der Waals surface area (Å²) < 4.78 is 31.4. The smallest absolute Gasteiger partial charge is 0.332 e. The third kappa shape index (κ3) is 3.05. The van der Waals surface area contributed by atoms with E-state index in [1.165, 1.54) is 0 Å². The summed E-state index contributed by atoms with van der Waals surface area (Å²) in [6.45, 7) is 0. The molecule has 1 amide bonds.